The van der Waals surface area contributed by atoms with Crippen LogP contribution in [0.5, 0.6) is 0 Å². The number of carbonyl (C=O) groups is 2. The molecule has 0 radical (unpaired) electrons. The van der Waals surface area contributed by atoms with Crippen LogP contribution in [-0.4, -0.2) is 22.6 Å². The van der Waals surface area contributed by atoms with E-state index in [-0.39, 0.29) is 0 Å². The van der Waals surface area contributed by atoms with Gasteiger partial charge in [-0.3, -0.25) is 4.79 Å². The Balaban J connectivity index is 2.29. The van der Waals surface area contributed by atoms with Gasteiger partial charge in [0.25, 0.3) is 11.5 Å². The van der Waals surface area contributed by atoms with Gasteiger partial charge in [0.1, 0.15) is 5.60 Å². The third-order valence-corrected chi connectivity index (χ3v) is 3.78. The number of ether oxygens (including phenoxy) is 1. The molecule has 0 aliphatic carbocycles. The second kappa shape index (κ2) is 4.59. The summed E-state index contributed by atoms with van der Waals surface area (Å²) in [6.45, 7) is 5.83. The predicted octanol–water partition coefficient (Wildman–Crippen LogP) is 1.44. The summed E-state index contributed by atoms with van der Waals surface area (Å²) in [6, 6.07) is 7.45. The second-order valence-corrected chi connectivity index (χ2v) is 5.78. The number of hydrogen-bond acceptors (Lipinski definition) is 3. The van der Waals surface area contributed by atoms with E-state index in [1.165, 1.54) is 0 Å². The van der Waals surface area contributed by atoms with E-state index in [0.29, 0.717) is 11.5 Å². The molecule has 3 N–H and O–H groups in total. The lowest BCUT2D eigenvalue weighted by Crippen LogP contribution is -2.44. The van der Waals surface area contributed by atoms with Gasteiger partial charge >= 0.3 is 5.97 Å². The van der Waals surface area contributed by atoms with Crippen molar-refractivity contribution >= 4 is 11.9 Å². The molecule has 2 rings (SSSR count). The largest absolute Gasteiger partial charge is 0.479 e. The number of primary amides is 1. The monoisotopic (exact) mass is 277 g/mol. The van der Waals surface area contributed by atoms with Gasteiger partial charge in [0.2, 0.25) is 0 Å². The molecule has 1 aromatic carbocycles. The molecule has 108 valence electrons. The van der Waals surface area contributed by atoms with Gasteiger partial charge < -0.3 is 15.6 Å². The molecule has 1 heterocycles. The second-order valence-electron chi connectivity index (χ2n) is 5.78. The molecule has 0 aromatic heterocycles. The Morgan fingerprint density at radius 2 is 1.85 bits per heavy atom. The highest BCUT2D eigenvalue weighted by molar-refractivity contribution is 6.09. The normalized spacial score (nSPS) is 28.4. The highest BCUT2D eigenvalue weighted by Gasteiger charge is 2.77. The smallest absolute Gasteiger partial charge is 0.349 e. The molecule has 1 fully saturated rings. The average Bonchev–Trinajstić information content (AvgIpc) is 2.99. The molecule has 0 bridgehead atoms. The summed E-state index contributed by atoms with van der Waals surface area (Å²) in [5.41, 5.74) is 3.86. The van der Waals surface area contributed by atoms with E-state index in [1.54, 1.807) is 19.1 Å². The van der Waals surface area contributed by atoms with Crippen LogP contribution in [0.4, 0.5) is 0 Å². The number of nitrogens with two attached hydrogens (primary N) is 1. The number of amides is 1. The summed E-state index contributed by atoms with van der Waals surface area (Å²) in [7, 11) is 0. The van der Waals surface area contributed by atoms with Gasteiger partial charge in [-0.25, -0.2) is 4.79 Å². The molecule has 1 amide bonds. The number of carboxylic acids is 1. The first-order valence-electron chi connectivity index (χ1n) is 6.57. The summed E-state index contributed by atoms with van der Waals surface area (Å²) >= 11 is 0. The minimum atomic E-state index is -1.95. The standard InChI is InChI=1S/C15H19NO4/c1-9(2)8-10-4-6-11(7-5-10)14(3)15(20-14,12(16)17)13(18)19/h4-7,9H,8H2,1-3H3,(H2,16,17)(H,18,19). The molecule has 0 saturated carbocycles. The Hall–Kier alpha value is -1.88. The van der Waals surface area contributed by atoms with Gasteiger partial charge in [0, 0.05) is 0 Å². The van der Waals surface area contributed by atoms with E-state index in [9.17, 15) is 14.7 Å². The molecule has 2 unspecified atom stereocenters. The fourth-order valence-electron chi connectivity index (χ4n) is 2.61. The number of rotatable bonds is 5. The number of carboxylic acid groups (broad SMARTS) is 1. The van der Waals surface area contributed by atoms with Gasteiger partial charge in [-0.1, -0.05) is 38.1 Å². The highest BCUT2D eigenvalue weighted by atomic mass is 16.7. The molecular formula is C15H19NO4. The Morgan fingerprint density at radius 1 is 1.30 bits per heavy atom. The summed E-state index contributed by atoms with van der Waals surface area (Å²) in [5, 5.41) is 9.22. The van der Waals surface area contributed by atoms with Crippen molar-refractivity contribution in [2.75, 3.05) is 0 Å². The Bertz CT molecular complexity index is 535. The van der Waals surface area contributed by atoms with Crippen molar-refractivity contribution in [1.29, 1.82) is 0 Å². The zero-order valence-electron chi connectivity index (χ0n) is 11.8. The fraction of sp³-hybridized carbons (Fsp3) is 0.467. The van der Waals surface area contributed by atoms with Crippen LogP contribution in [0.1, 0.15) is 31.9 Å². The van der Waals surface area contributed by atoms with Gasteiger partial charge in [0.15, 0.2) is 0 Å². The Kier molecular flexibility index (Phi) is 3.34. The van der Waals surface area contributed by atoms with Crippen molar-refractivity contribution in [3.05, 3.63) is 35.4 Å². The quantitative estimate of drug-likeness (QED) is 0.629. The predicted molar refractivity (Wildman–Crippen MR) is 73.0 cm³/mol. The van der Waals surface area contributed by atoms with Gasteiger partial charge in [-0.05, 0) is 30.4 Å². The first-order valence-corrected chi connectivity index (χ1v) is 6.57. The maximum atomic E-state index is 11.4. The molecule has 20 heavy (non-hydrogen) atoms. The molecule has 1 aliphatic rings. The van der Waals surface area contributed by atoms with Crippen LogP contribution >= 0.6 is 0 Å². The van der Waals surface area contributed by atoms with Gasteiger partial charge in [-0.15, -0.1) is 0 Å². The lowest BCUT2D eigenvalue weighted by atomic mass is 9.86. The highest BCUT2D eigenvalue weighted by Crippen LogP contribution is 2.55. The van der Waals surface area contributed by atoms with E-state index >= 15 is 0 Å². The Morgan fingerprint density at radius 3 is 2.20 bits per heavy atom. The minimum Gasteiger partial charge on any atom is -0.479 e. The van der Waals surface area contributed by atoms with E-state index in [0.717, 1.165) is 12.0 Å². The number of aliphatic carboxylic acids is 1. The maximum absolute atomic E-state index is 11.4. The SMILES string of the molecule is CC(C)Cc1ccc(C2(C)OC2(C(N)=O)C(=O)O)cc1. The number of carbonyl (C=O) groups excluding carboxylic acids is 1. The molecule has 5 heteroatoms. The van der Waals surface area contributed by atoms with Crippen LogP contribution in [0.15, 0.2) is 24.3 Å². The van der Waals surface area contributed by atoms with Crippen molar-refractivity contribution in [3.8, 4) is 0 Å². The zero-order chi connectivity index (χ0) is 15.1. The first kappa shape index (κ1) is 14.5. The van der Waals surface area contributed by atoms with Gasteiger partial charge in [0.05, 0.1) is 0 Å². The molecular weight excluding hydrogens is 258 g/mol. The van der Waals surface area contributed by atoms with Crippen LogP contribution < -0.4 is 5.73 Å². The van der Waals surface area contributed by atoms with E-state index < -0.39 is 23.1 Å². The summed E-state index contributed by atoms with van der Waals surface area (Å²) in [4.78, 5) is 22.7. The lowest BCUT2D eigenvalue weighted by molar-refractivity contribution is -0.147. The van der Waals surface area contributed by atoms with Crippen LogP contribution in [0.25, 0.3) is 0 Å². The minimum absolute atomic E-state index is 0.539. The zero-order valence-corrected chi connectivity index (χ0v) is 11.8. The lowest BCUT2D eigenvalue weighted by Gasteiger charge is -2.12. The summed E-state index contributed by atoms with van der Waals surface area (Å²) in [5.74, 6) is -1.78. The molecule has 1 saturated heterocycles. The molecule has 5 nitrogen and oxygen atoms in total. The van der Waals surface area contributed by atoms with Crippen LogP contribution in [0.3, 0.4) is 0 Å². The van der Waals surface area contributed by atoms with E-state index in [4.69, 9.17) is 10.5 Å². The Labute approximate surface area is 117 Å². The third-order valence-electron chi connectivity index (χ3n) is 3.78. The van der Waals surface area contributed by atoms with Crippen LogP contribution in [0, 0.1) is 5.92 Å². The van der Waals surface area contributed by atoms with Crippen molar-refractivity contribution in [2.24, 2.45) is 11.7 Å². The maximum Gasteiger partial charge on any atom is 0.349 e. The molecule has 2 atom stereocenters. The van der Waals surface area contributed by atoms with E-state index in [2.05, 4.69) is 13.8 Å². The van der Waals surface area contributed by atoms with Crippen molar-refractivity contribution < 1.29 is 19.4 Å². The van der Waals surface area contributed by atoms with Crippen LogP contribution in [0.2, 0.25) is 0 Å². The number of epoxide rings is 1. The van der Waals surface area contributed by atoms with Crippen molar-refractivity contribution in [3.63, 3.8) is 0 Å². The van der Waals surface area contributed by atoms with Crippen LogP contribution in [-0.2, 0) is 26.3 Å². The molecule has 0 spiro atoms. The fourth-order valence-corrected chi connectivity index (χ4v) is 2.61. The summed E-state index contributed by atoms with van der Waals surface area (Å²) in [6.07, 6.45) is 0.942. The molecule has 1 aromatic rings. The first-order chi connectivity index (χ1) is 9.24. The number of benzene rings is 1. The third kappa shape index (κ3) is 1.98. The van der Waals surface area contributed by atoms with Crippen molar-refractivity contribution in [1.82, 2.24) is 0 Å². The van der Waals surface area contributed by atoms with E-state index in [1.807, 2.05) is 12.1 Å². The van der Waals surface area contributed by atoms with Crippen molar-refractivity contribution in [2.45, 2.75) is 38.4 Å². The number of hydrogen-bond donors (Lipinski definition) is 2. The van der Waals surface area contributed by atoms with Gasteiger partial charge in [-0.2, -0.15) is 0 Å². The average molecular weight is 277 g/mol. The molecule has 1 aliphatic heterocycles. The topological polar surface area (TPSA) is 92.9 Å². The summed E-state index contributed by atoms with van der Waals surface area (Å²) < 4.78 is 5.25.